The molecule has 118 valence electrons. The van der Waals surface area contributed by atoms with Crippen molar-refractivity contribution >= 4 is 12.4 Å². The number of halogens is 1. The van der Waals surface area contributed by atoms with Crippen LogP contribution in [0.1, 0.15) is 11.6 Å². The zero-order valence-electron chi connectivity index (χ0n) is 12.0. The third kappa shape index (κ3) is 3.18. The Morgan fingerprint density at radius 2 is 2.10 bits per heavy atom. The van der Waals surface area contributed by atoms with Crippen molar-refractivity contribution in [2.75, 3.05) is 46.7 Å². The lowest BCUT2D eigenvalue weighted by Gasteiger charge is -2.34. The maximum absolute atomic E-state index is 9.77. The molecule has 1 aromatic rings. The molecule has 2 N–H and O–H groups in total. The number of fused-ring (bicyclic) bond motifs is 1. The maximum Gasteiger partial charge on any atom is 0.231 e. The summed E-state index contributed by atoms with van der Waals surface area (Å²) in [7, 11) is 1.61. The van der Waals surface area contributed by atoms with Gasteiger partial charge in [0.05, 0.1) is 19.8 Å². The van der Waals surface area contributed by atoms with E-state index < -0.39 is 0 Å². The van der Waals surface area contributed by atoms with E-state index in [2.05, 4.69) is 10.2 Å². The topological polar surface area (TPSA) is 63.2 Å². The van der Waals surface area contributed by atoms with E-state index in [-0.39, 0.29) is 31.8 Å². The third-order valence-corrected chi connectivity index (χ3v) is 3.83. The minimum Gasteiger partial charge on any atom is -0.493 e. The first kappa shape index (κ1) is 16.2. The molecular weight excluding hydrogens is 296 g/mol. The molecule has 0 spiro atoms. The summed E-state index contributed by atoms with van der Waals surface area (Å²) in [4.78, 5) is 2.27. The summed E-state index contributed by atoms with van der Waals surface area (Å²) in [5.41, 5.74) is 0.996. The number of rotatable bonds is 4. The molecule has 2 heterocycles. The van der Waals surface area contributed by atoms with E-state index in [1.807, 2.05) is 12.1 Å². The summed E-state index contributed by atoms with van der Waals surface area (Å²) >= 11 is 0. The average Bonchev–Trinajstić information content (AvgIpc) is 2.97. The number of benzene rings is 1. The minimum absolute atomic E-state index is 0. The van der Waals surface area contributed by atoms with Gasteiger partial charge in [-0.2, -0.15) is 0 Å². The molecule has 0 bridgehead atoms. The van der Waals surface area contributed by atoms with Gasteiger partial charge in [0.25, 0.3) is 0 Å². The molecule has 3 rings (SSSR count). The Morgan fingerprint density at radius 3 is 2.76 bits per heavy atom. The highest BCUT2D eigenvalue weighted by molar-refractivity contribution is 5.85. The minimum atomic E-state index is -0.0412. The van der Waals surface area contributed by atoms with Crippen LogP contribution in [-0.4, -0.2) is 56.7 Å². The van der Waals surface area contributed by atoms with Gasteiger partial charge in [-0.1, -0.05) is 0 Å². The highest BCUT2D eigenvalue weighted by Gasteiger charge is 2.26. The Bertz CT molecular complexity index is 480. The highest BCUT2D eigenvalue weighted by atomic mass is 35.5. The van der Waals surface area contributed by atoms with Gasteiger partial charge in [0.2, 0.25) is 12.5 Å². The fourth-order valence-electron chi connectivity index (χ4n) is 2.77. The lowest BCUT2D eigenvalue weighted by Crippen LogP contribution is -2.46. The van der Waals surface area contributed by atoms with Gasteiger partial charge in [0.1, 0.15) is 0 Å². The number of methoxy groups -OCH3 is 1. The van der Waals surface area contributed by atoms with Crippen molar-refractivity contribution in [2.45, 2.75) is 6.04 Å². The van der Waals surface area contributed by atoms with Crippen LogP contribution in [-0.2, 0) is 0 Å². The third-order valence-electron chi connectivity index (χ3n) is 3.83. The number of ether oxygens (including phenoxy) is 3. The number of piperazine rings is 1. The van der Waals surface area contributed by atoms with Gasteiger partial charge < -0.3 is 24.6 Å². The van der Waals surface area contributed by atoms with E-state index >= 15 is 0 Å². The maximum atomic E-state index is 9.77. The predicted molar refractivity (Wildman–Crippen MR) is 80.6 cm³/mol. The van der Waals surface area contributed by atoms with Gasteiger partial charge in [-0.3, -0.25) is 4.90 Å². The molecule has 0 radical (unpaired) electrons. The van der Waals surface area contributed by atoms with Crippen molar-refractivity contribution in [3.63, 3.8) is 0 Å². The number of hydrogen-bond acceptors (Lipinski definition) is 6. The number of nitrogens with one attached hydrogen (secondary N) is 1. The van der Waals surface area contributed by atoms with Crippen LogP contribution in [0, 0.1) is 0 Å². The number of aliphatic hydroxyl groups excluding tert-OH is 1. The zero-order chi connectivity index (χ0) is 13.9. The molecule has 1 aromatic carbocycles. The molecule has 0 aliphatic carbocycles. The first-order chi connectivity index (χ1) is 9.83. The molecule has 0 saturated carbocycles. The van der Waals surface area contributed by atoms with Crippen molar-refractivity contribution in [1.29, 1.82) is 0 Å². The summed E-state index contributed by atoms with van der Waals surface area (Å²) in [6.45, 7) is 4.01. The molecule has 1 fully saturated rings. The first-order valence-electron chi connectivity index (χ1n) is 6.86. The molecule has 6 nitrogen and oxygen atoms in total. The summed E-state index contributed by atoms with van der Waals surface area (Å²) < 4.78 is 16.2. The number of aliphatic hydroxyl groups is 1. The van der Waals surface area contributed by atoms with Crippen molar-refractivity contribution in [3.05, 3.63) is 17.7 Å². The summed E-state index contributed by atoms with van der Waals surface area (Å²) in [6, 6.07) is 3.82. The normalized spacial score (nSPS) is 19.0. The number of hydrogen-bond donors (Lipinski definition) is 2. The predicted octanol–water partition coefficient (Wildman–Crippen LogP) is 0.784. The van der Waals surface area contributed by atoms with Crippen LogP contribution in [0.4, 0.5) is 0 Å². The fourth-order valence-corrected chi connectivity index (χ4v) is 2.77. The quantitative estimate of drug-likeness (QED) is 0.856. The highest BCUT2D eigenvalue weighted by Crippen LogP contribution is 2.43. The van der Waals surface area contributed by atoms with E-state index in [1.54, 1.807) is 7.11 Å². The van der Waals surface area contributed by atoms with Gasteiger partial charge in [-0.25, -0.2) is 0 Å². The van der Waals surface area contributed by atoms with Gasteiger partial charge in [0, 0.05) is 26.2 Å². The lowest BCUT2D eigenvalue weighted by atomic mass is 10.0. The van der Waals surface area contributed by atoms with Crippen LogP contribution in [0.3, 0.4) is 0 Å². The van der Waals surface area contributed by atoms with Crippen molar-refractivity contribution < 1.29 is 19.3 Å². The molecule has 1 saturated heterocycles. The SMILES string of the molecule is COc1cc([C@@H](CO)N2CCNCC2)cc2c1OCO2.Cl. The Labute approximate surface area is 130 Å². The molecule has 21 heavy (non-hydrogen) atoms. The van der Waals surface area contributed by atoms with Crippen LogP contribution in [0.2, 0.25) is 0 Å². The van der Waals surface area contributed by atoms with E-state index in [9.17, 15) is 5.11 Å². The summed E-state index contributed by atoms with van der Waals surface area (Å²) in [5, 5.41) is 13.1. The zero-order valence-corrected chi connectivity index (χ0v) is 12.8. The van der Waals surface area contributed by atoms with Gasteiger partial charge in [-0.05, 0) is 17.7 Å². The van der Waals surface area contributed by atoms with Crippen molar-refractivity contribution in [3.8, 4) is 17.2 Å². The van der Waals surface area contributed by atoms with Crippen LogP contribution >= 0.6 is 12.4 Å². The van der Waals surface area contributed by atoms with E-state index in [1.165, 1.54) is 0 Å². The second-order valence-electron chi connectivity index (χ2n) is 4.94. The molecule has 2 aliphatic heterocycles. The van der Waals surface area contributed by atoms with E-state index in [0.29, 0.717) is 17.2 Å². The molecule has 7 heteroatoms. The Kier molecular flexibility index (Phi) is 5.52. The second-order valence-corrected chi connectivity index (χ2v) is 4.94. The fraction of sp³-hybridized carbons (Fsp3) is 0.571. The number of nitrogens with zero attached hydrogens (tertiary/aromatic N) is 1. The average molecular weight is 317 g/mol. The second kappa shape index (κ2) is 7.17. The molecule has 0 aromatic heterocycles. The van der Waals surface area contributed by atoms with Gasteiger partial charge in [0.15, 0.2) is 11.5 Å². The Hall–Kier alpha value is -1.21. The van der Waals surface area contributed by atoms with Crippen molar-refractivity contribution in [1.82, 2.24) is 10.2 Å². The smallest absolute Gasteiger partial charge is 0.231 e. The molecule has 0 amide bonds. The van der Waals surface area contributed by atoms with Gasteiger partial charge in [-0.15, -0.1) is 12.4 Å². The molecule has 1 atom stereocenters. The van der Waals surface area contributed by atoms with Crippen LogP contribution < -0.4 is 19.5 Å². The van der Waals surface area contributed by atoms with Gasteiger partial charge >= 0.3 is 0 Å². The van der Waals surface area contributed by atoms with Crippen LogP contribution in [0.5, 0.6) is 17.2 Å². The lowest BCUT2D eigenvalue weighted by molar-refractivity contribution is 0.110. The molecule has 2 aliphatic rings. The van der Waals surface area contributed by atoms with Crippen LogP contribution in [0.15, 0.2) is 12.1 Å². The Balaban J connectivity index is 0.00000161. The van der Waals surface area contributed by atoms with Crippen LogP contribution in [0.25, 0.3) is 0 Å². The van der Waals surface area contributed by atoms with Crippen molar-refractivity contribution in [2.24, 2.45) is 0 Å². The summed E-state index contributed by atoms with van der Waals surface area (Å²) in [6.07, 6.45) is 0. The van der Waals surface area contributed by atoms with E-state index in [4.69, 9.17) is 14.2 Å². The largest absolute Gasteiger partial charge is 0.493 e. The van der Waals surface area contributed by atoms with E-state index in [0.717, 1.165) is 31.7 Å². The Morgan fingerprint density at radius 1 is 1.33 bits per heavy atom. The first-order valence-corrected chi connectivity index (χ1v) is 6.86. The standard InChI is InChI=1S/C14H20N2O4.ClH/c1-18-12-6-10(7-13-14(12)20-9-19-13)11(8-17)16-4-2-15-3-5-16;/h6-7,11,15,17H,2-5,8-9H2,1H3;1H/t11-;/m1./s1. The monoisotopic (exact) mass is 316 g/mol. The molecule has 0 unspecified atom stereocenters. The molecular formula is C14H21ClN2O4. The summed E-state index contributed by atoms with van der Waals surface area (Å²) in [5.74, 6) is 1.99.